The van der Waals surface area contributed by atoms with Gasteiger partial charge >= 0.3 is 5.97 Å². The fraction of sp³-hybridized carbons (Fsp3) is 0.500. The molecule has 0 saturated carbocycles. The number of ether oxygens (including phenoxy) is 4. The molecule has 3 aromatic carbocycles. The van der Waals surface area contributed by atoms with Crippen LogP contribution in [0.1, 0.15) is 94.0 Å². The van der Waals surface area contributed by atoms with Gasteiger partial charge in [0.15, 0.2) is 6.10 Å². The standard InChI is InChI=1S/C38H50O6S/c1-3-4-5-6-7-8-9-10-11-18-27-41-32-25-23-30(24-26-32)28-42-35-29(2)43-38(45-33-21-16-13-17-22-33)36(34(35)39)44-37(40)31-19-14-12-15-20-31/h12-17,19-26,29,34-36,38-39H,3-11,18,27-28H2,1-2H3/t29-,34+,35-,36+,38-/m0/s1. The molecule has 0 radical (unpaired) electrons. The Balaban J connectivity index is 1.24. The van der Waals surface area contributed by atoms with Crippen LogP contribution in [-0.4, -0.2) is 47.5 Å². The van der Waals surface area contributed by atoms with Crippen molar-refractivity contribution in [1.29, 1.82) is 0 Å². The van der Waals surface area contributed by atoms with Crippen molar-refractivity contribution in [1.82, 2.24) is 0 Å². The lowest BCUT2D eigenvalue weighted by atomic mass is 10.00. The van der Waals surface area contributed by atoms with E-state index in [-0.39, 0.29) is 6.61 Å². The molecule has 1 aliphatic heterocycles. The molecule has 1 aliphatic rings. The topological polar surface area (TPSA) is 74.2 Å². The first-order valence-corrected chi connectivity index (χ1v) is 17.6. The van der Waals surface area contributed by atoms with E-state index in [4.69, 9.17) is 18.9 Å². The smallest absolute Gasteiger partial charge is 0.338 e. The first kappa shape index (κ1) is 35.0. The Kier molecular flexibility index (Phi) is 15.3. The van der Waals surface area contributed by atoms with E-state index in [1.165, 1.54) is 69.5 Å². The van der Waals surface area contributed by atoms with Gasteiger partial charge in [0.25, 0.3) is 0 Å². The second-order valence-electron chi connectivity index (χ2n) is 11.8. The zero-order valence-electron chi connectivity index (χ0n) is 26.9. The van der Waals surface area contributed by atoms with Crippen LogP contribution in [0.4, 0.5) is 0 Å². The molecule has 3 aromatic rings. The zero-order chi connectivity index (χ0) is 31.7. The second kappa shape index (κ2) is 19.6. The summed E-state index contributed by atoms with van der Waals surface area (Å²) < 4.78 is 24.4. The SMILES string of the molecule is CCCCCCCCCCCCOc1ccc(CO[C@@H]2[C@@H](O)[C@@H](OC(=O)c3ccccc3)[C@H](Sc3ccccc3)O[C@H]2C)cc1. The maximum atomic E-state index is 13.0. The molecule has 45 heavy (non-hydrogen) atoms. The van der Waals surface area contributed by atoms with Crippen LogP contribution < -0.4 is 4.74 Å². The van der Waals surface area contributed by atoms with Gasteiger partial charge in [-0.05, 0) is 55.3 Å². The van der Waals surface area contributed by atoms with E-state index in [0.717, 1.165) is 29.2 Å². The molecule has 1 heterocycles. The molecule has 0 bridgehead atoms. The van der Waals surface area contributed by atoms with E-state index in [0.29, 0.717) is 5.56 Å². The van der Waals surface area contributed by atoms with Crippen molar-refractivity contribution in [2.24, 2.45) is 0 Å². The normalized spacial score (nSPS) is 21.4. The summed E-state index contributed by atoms with van der Waals surface area (Å²) in [6, 6.07) is 26.4. The number of aliphatic hydroxyl groups excluding tert-OH is 1. The molecule has 244 valence electrons. The molecule has 1 N–H and O–H groups in total. The zero-order valence-corrected chi connectivity index (χ0v) is 27.7. The van der Waals surface area contributed by atoms with Gasteiger partial charge in [0.2, 0.25) is 0 Å². The van der Waals surface area contributed by atoms with Crippen LogP contribution in [0.15, 0.2) is 89.8 Å². The van der Waals surface area contributed by atoms with E-state index < -0.39 is 35.8 Å². The van der Waals surface area contributed by atoms with Gasteiger partial charge in [0, 0.05) is 4.90 Å². The van der Waals surface area contributed by atoms with Crippen molar-refractivity contribution in [3.8, 4) is 5.75 Å². The van der Waals surface area contributed by atoms with Crippen molar-refractivity contribution in [3.05, 3.63) is 96.1 Å². The predicted octanol–water partition coefficient (Wildman–Crippen LogP) is 9.00. The number of aliphatic hydroxyl groups is 1. The minimum atomic E-state index is -1.08. The molecule has 1 fully saturated rings. The number of rotatable bonds is 19. The van der Waals surface area contributed by atoms with Crippen LogP contribution in [0.25, 0.3) is 0 Å². The fourth-order valence-electron chi connectivity index (χ4n) is 5.50. The van der Waals surface area contributed by atoms with E-state index in [1.54, 1.807) is 24.3 Å². The average molecular weight is 635 g/mol. The Bertz CT molecular complexity index is 1220. The predicted molar refractivity (Wildman–Crippen MR) is 181 cm³/mol. The van der Waals surface area contributed by atoms with Crippen LogP contribution in [0.2, 0.25) is 0 Å². The number of carbonyl (C=O) groups excluding carboxylic acids is 1. The molecule has 5 atom stereocenters. The average Bonchev–Trinajstić information content (AvgIpc) is 3.06. The molecule has 0 spiro atoms. The molecule has 4 rings (SSSR count). The minimum absolute atomic E-state index is 0.282. The van der Waals surface area contributed by atoms with E-state index in [1.807, 2.05) is 67.6 Å². The summed E-state index contributed by atoms with van der Waals surface area (Å²) >= 11 is 1.42. The van der Waals surface area contributed by atoms with E-state index >= 15 is 0 Å². The summed E-state index contributed by atoms with van der Waals surface area (Å²) in [6.45, 7) is 5.15. The number of hydrogen-bond donors (Lipinski definition) is 1. The molecular weight excluding hydrogens is 584 g/mol. The lowest BCUT2D eigenvalue weighted by molar-refractivity contribution is -0.212. The third-order valence-electron chi connectivity index (χ3n) is 8.13. The summed E-state index contributed by atoms with van der Waals surface area (Å²) in [5.74, 6) is 0.335. The van der Waals surface area contributed by atoms with Crippen molar-refractivity contribution < 1.29 is 28.8 Å². The van der Waals surface area contributed by atoms with Crippen molar-refractivity contribution in [2.75, 3.05) is 6.61 Å². The highest BCUT2D eigenvalue weighted by Crippen LogP contribution is 2.36. The monoisotopic (exact) mass is 634 g/mol. The van der Waals surface area contributed by atoms with Gasteiger partial charge in [-0.15, -0.1) is 0 Å². The van der Waals surface area contributed by atoms with Crippen LogP contribution in [-0.2, 0) is 20.8 Å². The molecule has 6 nitrogen and oxygen atoms in total. The molecule has 0 amide bonds. The summed E-state index contributed by atoms with van der Waals surface area (Å²) in [5, 5.41) is 11.5. The number of unbranched alkanes of at least 4 members (excludes halogenated alkanes) is 9. The number of esters is 1. The lowest BCUT2D eigenvalue weighted by Gasteiger charge is -2.42. The summed E-state index contributed by atoms with van der Waals surface area (Å²) in [6.07, 6.45) is 9.93. The van der Waals surface area contributed by atoms with Gasteiger partial charge < -0.3 is 24.1 Å². The third kappa shape index (κ3) is 11.8. The van der Waals surface area contributed by atoms with Crippen molar-refractivity contribution in [3.63, 3.8) is 0 Å². The number of carbonyl (C=O) groups is 1. The van der Waals surface area contributed by atoms with Gasteiger partial charge in [0.05, 0.1) is 24.9 Å². The first-order valence-electron chi connectivity index (χ1n) is 16.7. The number of thioether (sulfide) groups is 1. The van der Waals surface area contributed by atoms with E-state index in [2.05, 4.69) is 6.92 Å². The second-order valence-corrected chi connectivity index (χ2v) is 13.0. The Labute approximate surface area is 273 Å². The van der Waals surface area contributed by atoms with Gasteiger partial charge in [-0.1, -0.05) is 125 Å². The molecule has 7 heteroatoms. The van der Waals surface area contributed by atoms with Crippen molar-refractivity contribution >= 4 is 17.7 Å². The number of hydrogen-bond acceptors (Lipinski definition) is 7. The molecule has 0 aromatic heterocycles. The van der Waals surface area contributed by atoms with Gasteiger partial charge in [-0.3, -0.25) is 0 Å². The van der Waals surface area contributed by atoms with Crippen LogP contribution in [0, 0.1) is 0 Å². The highest BCUT2D eigenvalue weighted by molar-refractivity contribution is 7.99. The Morgan fingerprint density at radius 3 is 2.02 bits per heavy atom. The van der Waals surface area contributed by atoms with Gasteiger partial charge in [-0.2, -0.15) is 0 Å². The van der Waals surface area contributed by atoms with Crippen LogP contribution >= 0.6 is 11.8 Å². The maximum absolute atomic E-state index is 13.0. The van der Waals surface area contributed by atoms with Gasteiger partial charge in [-0.25, -0.2) is 4.79 Å². The third-order valence-corrected chi connectivity index (χ3v) is 9.29. The first-order chi connectivity index (χ1) is 22.0. The Hall–Kier alpha value is -2.84. The minimum Gasteiger partial charge on any atom is -0.494 e. The van der Waals surface area contributed by atoms with Crippen LogP contribution in [0.5, 0.6) is 5.75 Å². The maximum Gasteiger partial charge on any atom is 0.338 e. The summed E-state index contributed by atoms with van der Waals surface area (Å²) in [7, 11) is 0. The van der Waals surface area contributed by atoms with E-state index in [9.17, 15) is 9.90 Å². The largest absolute Gasteiger partial charge is 0.494 e. The highest BCUT2D eigenvalue weighted by Gasteiger charge is 2.47. The Morgan fingerprint density at radius 2 is 1.38 bits per heavy atom. The number of benzene rings is 3. The quantitative estimate of drug-likeness (QED) is 0.104. The molecule has 0 unspecified atom stereocenters. The lowest BCUT2D eigenvalue weighted by Crippen LogP contribution is -2.57. The van der Waals surface area contributed by atoms with Gasteiger partial charge in [0.1, 0.15) is 23.4 Å². The summed E-state index contributed by atoms with van der Waals surface area (Å²) in [4.78, 5) is 14.0. The van der Waals surface area contributed by atoms with Crippen LogP contribution in [0.3, 0.4) is 0 Å². The fourth-order valence-corrected chi connectivity index (χ4v) is 6.66. The molecule has 1 saturated heterocycles. The highest BCUT2D eigenvalue weighted by atomic mass is 32.2. The Morgan fingerprint density at radius 1 is 0.778 bits per heavy atom. The molecular formula is C38H50O6S. The summed E-state index contributed by atoms with van der Waals surface area (Å²) in [5.41, 5.74) is 0.774. The van der Waals surface area contributed by atoms with Crippen molar-refractivity contribution in [2.45, 2.75) is 119 Å². The molecule has 0 aliphatic carbocycles.